The molecule has 0 saturated carbocycles. The van der Waals surface area contributed by atoms with E-state index in [4.69, 9.17) is 14.2 Å². The summed E-state index contributed by atoms with van der Waals surface area (Å²) in [4.78, 5) is 22.0. The first kappa shape index (κ1) is 14.5. The van der Waals surface area contributed by atoms with E-state index in [0.717, 1.165) is 0 Å². The Morgan fingerprint density at radius 2 is 2.36 bits per heavy atom. The molecule has 0 aliphatic carbocycles. The molecular weight excluding hydrogens is 362 g/mol. The molecule has 0 amide bonds. The van der Waals surface area contributed by atoms with E-state index in [-0.39, 0.29) is 24.4 Å². The first-order valence-corrected chi connectivity index (χ1v) is 6.93. The van der Waals surface area contributed by atoms with E-state index in [1.807, 2.05) is 0 Å². The standard InChI is InChI=1S/C11H10BrN5O5/c1-20-9-7(12)2-13-10(15-9)22-6-3-16-4-8(17(18)19)14-11(16)21-5-6/h2,4,6H,3,5H2,1H3/t6-/m0/s1. The topological polar surface area (TPSA) is 114 Å². The predicted molar refractivity (Wildman–Crippen MR) is 75.1 cm³/mol. The number of rotatable bonds is 4. The highest BCUT2D eigenvalue weighted by Crippen LogP contribution is 2.25. The molecule has 0 fully saturated rings. The number of nitro groups is 1. The van der Waals surface area contributed by atoms with E-state index in [2.05, 4.69) is 30.9 Å². The van der Waals surface area contributed by atoms with E-state index in [1.54, 1.807) is 0 Å². The fourth-order valence-corrected chi connectivity index (χ4v) is 2.27. The van der Waals surface area contributed by atoms with Crippen molar-refractivity contribution >= 4 is 21.7 Å². The molecule has 1 aliphatic rings. The van der Waals surface area contributed by atoms with Crippen molar-refractivity contribution in [3.8, 4) is 17.9 Å². The van der Waals surface area contributed by atoms with E-state index in [1.165, 1.54) is 24.1 Å². The Morgan fingerprint density at radius 1 is 1.55 bits per heavy atom. The maximum absolute atomic E-state index is 10.7. The monoisotopic (exact) mass is 371 g/mol. The van der Waals surface area contributed by atoms with Gasteiger partial charge in [0.1, 0.15) is 12.8 Å². The molecule has 0 aromatic carbocycles. The number of hydrogen-bond donors (Lipinski definition) is 0. The number of ether oxygens (including phenoxy) is 3. The van der Waals surface area contributed by atoms with Gasteiger partial charge in [0.25, 0.3) is 0 Å². The summed E-state index contributed by atoms with van der Waals surface area (Å²) >= 11 is 3.25. The van der Waals surface area contributed by atoms with E-state index in [9.17, 15) is 10.1 Å². The zero-order valence-electron chi connectivity index (χ0n) is 11.3. The fraction of sp³-hybridized carbons (Fsp3) is 0.364. The van der Waals surface area contributed by atoms with Crippen molar-refractivity contribution in [1.82, 2.24) is 19.5 Å². The van der Waals surface area contributed by atoms with Gasteiger partial charge in [0, 0.05) is 4.98 Å². The molecule has 2 aromatic rings. The van der Waals surface area contributed by atoms with Crippen molar-refractivity contribution in [3.05, 3.63) is 27.0 Å². The molecule has 0 radical (unpaired) electrons. The summed E-state index contributed by atoms with van der Waals surface area (Å²) < 4.78 is 18.1. The number of halogens is 1. The Morgan fingerprint density at radius 3 is 3.09 bits per heavy atom. The zero-order valence-corrected chi connectivity index (χ0v) is 12.9. The number of nitrogens with zero attached hydrogens (tertiary/aromatic N) is 5. The highest BCUT2D eigenvalue weighted by Gasteiger charge is 2.29. The van der Waals surface area contributed by atoms with Gasteiger partial charge in [-0.15, -0.1) is 0 Å². The minimum atomic E-state index is -0.576. The molecule has 1 aliphatic heterocycles. The summed E-state index contributed by atoms with van der Waals surface area (Å²) in [6.45, 7) is 0.536. The van der Waals surface area contributed by atoms with Gasteiger partial charge >= 0.3 is 17.8 Å². The highest BCUT2D eigenvalue weighted by atomic mass is 79.9. The van der Waals surface area contributed by atoms with Crippen molar-refractivity contribution in [2.45, 2.75) is 12.6 Å². The van der Waals surface area contributed by atoms with Crippen molar-refractivity contribution in [3.63, 3.8) is 0 Å². The molecule has 11 heteroatoms. The molecule has 0 unspecified atom stereocenters. The third kappa shape index (κ3) is 2.79. The van der Waals surface area contributed by atoms with Crippen LogP contribution in [0.4, 0.5) is 5.82 Å². The van der Waals surface area contributed by atoms with Gasteiger partial charge in [0.15, 0.2) is 6.10 Å². The summed E-state index contributed by atoms with van der Waals surface area (Å²) in [6.07, 6.45) is 2.42. The number of hydrogen-bond acceptors (Lipinski definition) is 8. The molecule has 3 rings (SSSR count). The molecule has 0 saturated heterocycles. The Hall–Kier alpha value is -2.43. The Balaban J connectivity index is 1.73. The van der Waals surface area contributed by atoms with Crippen LogP contribution in [-0.2, 0) is 6.54 Å². The summed E-state index contributed by atoms with van der Waals surface area (Å²) in [5.41, 5.74) is 0. The first-order valence-electron chi connectivity index (χ1n) is 6.14. The van der Waals surface area contributed by atoms with Gasteiger partial charge in [0.05, 0.1) is 24.3 Å². The maximum Gasteiger partial charge on any atom is 0.414 e. The predicted octanol–water partition coefficient (Wildman–Crippen LogP) is 1.19. The van der Waals surface area contributed by atoms with Crippen molar-refractivity contribution in [2.75, 3.05) is 13.7 Å². The van der Waals surface area contributed by atoms with Gasteiger partial charge in [-0.2, -0.15) is 4.98 Å². The van der Waals surface area contributed by atoms with Crippen LogP contribution in [0.15, 0.2) is 16.9 Å². The van der Waals surface area contributed by atoms with Crippen LogP contribution in [-0.4, -0.2) is 44.3 Å². The van der Waals surface area contributed by atoms with Crippen LogP contribution in [0.2, 0.25) is 0 Å². The Labute approximate surface area is 132 Å². The van der Waals surface area contributed by atoms with Gasteiger partial charge < -0.3 is 24.3 Å². The highest BCUT2D eigenvalue weighted by molar-refractivity contribution is 9.10. The zero-order chi connectivity index (χ0) is 15.7. The molecule has 0 bridgehead atoms. The number of aromatic nitrogens is 4. The minimum absolute atomic E-state index is 0.131. The summed E-state index contributed by atoms with van der Waals surface area (Å²) in [7, 11) is 1.48. The number of imidazole rings is 1. The molecule has 10 nitrogen and oxygen atoms in total. The molecule has 22 heavy (non-hydrogen) atoms. The van der Waals surface area contributed by atoms with Crippen LogP contribution in [0.25, 0.3) is 0 Å². The Bertz CT molecular complexity index is 721. The average molecular weight is 372 g/mol. The number of methoxy groups -OCH3 is 1. The molecule has 1 atom stereocenters. The summed E-state index contributed by atoms with van der Waals surface area (Å²) in [6, 6.07) is 0.326. The van der Waals surface area contributed by atoms with Crippen LogP contribution < -0.4 is 14.2 Å². The molecule has 0 N–H and O–H groups in total. The lowest BCUT2D eigenvalue weighted by atomic mass is 10.3. The first-order chi connectivity index (χ1) is 10.6. The van der Waals surface area contributed by atoms with Gasteiger partial charge in [0.2, 0.25) is 5.88 Å². The smallest absolute Gasteiger partial charge is 0.414 e. The Kier molecular flexibility index (Phi) is 3.79. The quantitative estimate of drug-likeness (QED) is 0.581. The van der Waals surface area contributed by atoms with Crippen molar-refractivity contribution < 1.29 is 19.1 Å². The largest absolute Gasteiger partial charge is 0.480 e. The lowest BCUT2D eigenvalue weighted by Crippen LogP contribution is -2.34. The van der Waals surface area contributed by atoms with Gasteiger partial charge in [-0.3, -0.25) is 4.57 Å². The number of fused-ring (bicyclic) bond motifs is 1. The molecule has 3 heterocycles. The SMILES string of the molecule is COc1nc(O[C@@H]2COc3nc([N+](=O)[O-])cn3C2)ncc1Br. The second kappa shape index (κ2) is 5.75. The van der Waals surface area contributed by atoms with Crippen molar-refractivity contribution in [1.29, 1.82) is 0 Å². The fourth-order valence-electron chi connectivity index (χ4n) is 1.92. The van der Waals surface area contributed by atoms with Crippen LogP contribution in [0.3, 0.4) is 0 Å². The molecular formula is C11H10BrN5O5. The van der Waals surface area contributed by atoms with E-state index >= 15 is 0 Å². The normalized spacial score (nSPS) is 16.5. The summed E-state index contributed by atoms with van der Waals surface area (Å²) in [5, 5.41) is 10.7. The maximum atomic E-state index is 10.7. The molecule has 2 aromatic heterocycles. The molecule has 116 valence electrons. The van der Waals surface area contributed by atoms with Crippen LogP contribution >= 0.6 is 15.9 Å². The van der Waals surface area contributed by atoms with Crippen molar-refractivity contribution in [2.24, 2.45) is 0 Å². The summed E-state index contributed by atoms with van der Waals surface area (Å²) in [5.74, 6) is 0.0814. The third-order valence-electron chi connectivity index (χ3n) is 2.87. The van der Waals surface area contributed by atoms with Crippen LogP contribution in [0.1, 0.15) is 0 Å². The minimum Gasteiger partial charge on any atom is -0.480 e. The molecule has 0 spiro atoms. The van der Waals surface area contributed by atoms with Crippen LogP contribution in [0.5, 0.6) is 17.9 Å². The second-order valence-electron chi connectivity index (χ2n) is 4.35. The van der Waals surface area contributed by atoms with Gasteiger partial charge in [-0.05, 0) is 20.9 Å². The lowest BCUT2D eigenvalue weighted by molar-refractivity contribution is -0.389. The van der Waals surface area contributed by atoms with Crippen LogP contribution in [0, 0.1) is 10.1 Å². The van der Waals surface area contributed by atoms with Gasteiger partial charge in [-0.25, -0.2) is 4.98 Å². The lowest BCUT2D eigenvalue weighted by Gasteiger charge is -2.22. The second-order valence-corrected chi connectivity index (χ2v) is 5.21. The third-order valence-corrected chi connectivity index (χ3v) is 3.41. The average Bonchev–Trinajstić information content (AvgIpc) is 2.92. The van der Waals surface area contributed by atoms with E-state index < -0.39 is 11.0 Å². The van der Waals surface area contributed by atoms with E-state index in [0.29, 0.717) is 16.9 Å². The van der Waals surface area contributed by atoms with Gasteiger partial charge in [-0.1, -0.05) is 0 Å².